The SMILES string of the molecule is CC/C=C\C/C=C\C/C=C\C/C=C\CCCCCOCC(COC1OC(CO)C(O)C(OS(=O)(=O)O)C1O)OC(=O)CCCCCCC. The number of allylic oxidation sites excluding steroid dienone is 8. The number of hydrogen-bond acceptors (Lipinski definition) is 11. The highest BCUT2D eigenvalue weighted by molar-refractivity contribution is 7.80. The molecule has 1 heterocycles. The predicted molar refractivity (Wildman–Crippen MR) is 183 cm³/mol. The van der Waals surface area contributed by atoms with Gasteiger partial charge in [-0.05, 0) is 51.4 Å². The fourth-order valence-electron chi connectivity index (χ4n) is 4.84. The van der Waals surface area contributed by atoms with Gasteiger partial charge in [-0.2, -0.15) is 8.42 Å². The van der Waals surface area contributed by atoms with E-state index in [9.17, 15) is 28.5 Å². The van der Waals surface area contributed by atoms with Crippen LogP contribution in [0, 0.1) is 0 Å². The summed E-state index contributed by atoms with van der Waals surface area (Å²) in [7, 11) is -5.05. The normalized spacial score (nSPS) is 22.8. The first kappa shape index (κ1) is 44.1. The van der Waals surface area contributed by atoms with Crippen molar-refractivity contribution in [2.24, 2.45) is 0 Å². The number of esters is 1. The summed E-state index contributed by atoms with van der Waals surface area (Å²) >= 11 is 0. The van der Waals surface area contributed by atoms with Gasteiger partial charge in [0.2, 0.25) is 0 Å². The Kier molecular flexibility index (Phi) is 25.6. The summed E-state index contributed by atoms with van der Waals surface area (Å²) < 4.78 is 58.3. The molecule has 48 heavy (non-hydrogen) atoms. The number of aliphatic hydroxyl groups excluding tert-OH is 3. The lowest BCUT2D eigenvalue weighted by Gasteiger charge is -2.41. The van der Waals surface area contributed by atoms with Crippen molar-refractivity contribution in [1.29, 1.82) is 0 Å². The van der Waals surface area contributed by atoms with Gasteiger partial charge in [-0.1, -0.05) is 94.6 Å². The van der Waals surface area contributed by atoms with Crippen LogP contribution in [0.15, 0.2) is 48.6 Å². The van der Waals surface area contributed by atoms with Crippen LogP contribution in [-0.4, -0.2) is 97.5 Å². The van der Waals surface area contributed by atoms with Crippen molar-refractivity contribution >= 4 is 16.4 Å². The molecule has 0 aromatic carbocycles. The van der Waals surface area contributed by atoms with Crippen LogP contribution in [0.4, 0.5) is 0 Å². The van der Waals surface area contributed by atoms with E-state index in [1.165, 1.54) is 0 Å². The zero-order valence-corrected chi connectivity index (χ0v) is 29.6. The molecule has 0 bridgehead atoms. The third kappa shape index (κ3) is 21.9. The molecule has 13 heteroatoms. The van der Waals surface area contributed by atoms with Crippen molar-refractivity contribution in [3.05, 3.63) is 48.6 Å². The summed E-state index contributed by atoms with van der Waals surface area (Å²) in [4.78, 5) is 12.5. The summed E-state index contributed by atoms with van der Waals surface area (Å²) in [6.07, 6.45) is 20.7. The quantitative estimate of drug-likeness (QED) is 0.0359. The van der Waals surface area contributed by atoms with E-state index in [4.69, 9.17) is 23.5 Å². The van der Waals surface area contributed by atoms with E-state index in [1.54, 1.807) is 0 Å². The lowest BCUT2D eigenvalue weighted by molar-refractivity contribution is -0.301. The number of hydrogen-bond donors (Lipinski definition) is 4. The molecular formula is C35H60O12S. The van der Waals surface area contributed by atoms with Crippen LogP contribution in [0.25, 0.3) is 0 Å². The molecule has 0 radical (unpaired) electrons. The number of unbranched alkanes of at least 4 members (excludes halogenated alkanes) is 7. The molecule has 0 aliphatic carbocycles. The van der Waals surface area contributed by atoms with Crippen molar-refractivity contribution in [2.75, 3.05) is 26.4 Å². The highest BCUT2D eigenvalue weighted by atomic mass is 32.3. The van der Waals surface area contributed by atoms with E-state index >= 15 is 0 Å². The second-order valence-electron chi connectivity index (χ2n) is 11.7. The molecule has 12 nitrogen and oxygen atoms in total. The van der Waals surface area contributed by atoms with Gasteiger partial charge >= 0.3 is 16.4 Å². The van der Waals surface area contributed by atoms with Crippen molar-refractivity contribution in [1.82, 2.24) is 0 Å². The highest BCUT2D eigenvalue weighted by Gasteiger charge is 2.48. The average molecular weight is 705 g/mol. The van der Waals surface area contributed by atoms with E-state index in [-0.39, 0.29) is 19.6 Å². The van der Waals surface area contributed by atoms with E-state index < -0.39 is 59.8 Å². The zero-order chi connectivity index (χ0) is 35.5. The van der Waals surface area contributed by atoms with Crippen LogP contribution >= 0.6 is 0 Å². The minimum absolute atomic E-state index is 0.0122. The molecule has 0 saturated carbocycles. The first-order chi connectivity index (χ1) is 23.1. The van der Waals surface area contributed by atoms with E-state index in [1.807, 2.05) is 0 Å². The molecule has 0 aromatic rings. The molecule has 1 aliphatic heterocycles. The monoisotopic (exact) mass is 704 g/mol. The topological polar surface area (TPSA) is 178 Å². The van der Waals surface area contributed by atoms with Crippen LogP contribution < -0.4 is 0 Å². The minimum Gasteiger partial charge on any atom is -0.457 e. The lowest BCUT2D eigenvalue weighted by atomic mass is 9.99. The molecule has 1 fully saturated rings. The number of ether oxygens (including phenoxy) is 4. The van der Waals surface area contributed by atoms with Gasteiger partial charge in [-0.3, -0.25) is 9.35 Å². The van der Waals surface area contributed by atoms with Gasteiger partial charge in [0.1, 0.15) is 30.5 Å². The van der Waals surface area contributed by atoms with Gasteiger partial charge < -0.3 is 34.3 Å². The smallest absolute Gasteiger partial charge is 0.397 e. The van der Waals surface area contributed by atoms with Crippen molar-refractivity contribution in [2.45, 2.75) is 141 Å². The van der Waals surface area contributed by atoms with Crippen molar-refractivity contribution in [3.63, 3.8) is 0 Å². The number of carbonyl (C=O) groups excluding carboxylic acids is 1. The number of aliphatic hydroxyl groups is 3. The Hall–Kier alpha value is -1.94. The highest BCUT2D eigenvalue weighted by Crippen LogP contribution is 2.26. The first-order valence-corrected chi connectivity index (χ1v) is 18.8. The summed E-state index contributed by atoms with van der Waals surface area (Å²) in [6.45, 7) is 3.64. The summed E-state index contributed by atoms with van der Waals surface area (Å²) in [5, 5.41) is 30.3. The molecule has 1 saturated heterocycles. The average Bonchev–Trinajstić information content (AvgIpc) is 3.05. The second-order valence-corrected chi connectivity index (χ2v) is 12.8. The maximum atomic E-state index is 12.5. The number of carbonyl (C=O) groups is 1. The Morgan fingerprint density at radius 1 is 0.812 bits per heavy atom. The van der Waals surface area contributed by atoms with Gasteiger partial charge in [0, 0.05) is 13.0 Å². The Morgan fingerprint density at radius 2 is 1.44 bits per heavy atom. The standard InChI is InChI=1S/C35H60O12S/c1-3-5-7-9-10-11-12-13-14-15-16-17-18-19-21-23-25-43-27-29(45-31(37)24-22-20-8-6-4-2)28-44-35-33(39)34(47-48(40,41)42)32(38)30(26-36)46-35/h5,7,10-11,13-14,16-17,29-30,32-36,38-39H,3-4,6,8-9,12,15,18-28H2,1-2H3,(H,40,41,42)/b7-5-,11-10-,14-13-,17-16-. The largest absolute Gasteiger partial charge is 0.457 e. The molecule has 6 unspecified atom stereocenters. The first-order valence-electron chi connectivity index (χ1n) is 17.4. The fourth-order valence-corrected chi connectivity index (χ4v) is 5.34. The van der Waals surface area contributed by atoms with Crippen molar-refractivity contribution < 1.29 is 56.2 Å². The summed E-state index contributed by atoms with van der Waals surface area (Å²) in [6, 6.07) is 0. The van der Waals surface area contributed by atoms with E-state index in [2.05, 4.69) is 66.6 Å². The molecule has 0 aromatic heterocycles. The number of rotatable bonds is 28. The molecule has 1 aliphatic rings. The van der Waals surface area contributed by atoms with Crippen LogP contribution in [0.5, 0.6) is 0 Å². The predicted octanol–water partition coefficient (Wildman–Crippen LogP) is 5.28. The Labute approximate surface area is 287 Å². The lowest BCUT2D eigenvalue weighted by Crippen LogP contribution is -2.60. The van der Waals surface area contributed by atoms with Crippen LogP contribution in [0.2, 0.25) is 0 Å². The van der Waals surface area contributed by atoms with E-state index in [0.29, 0.717) is 13.0 Å². The van der Waals surface area contributed by atoms with Crippen LogP contribution in [-0.2, 0) is 38.3 Å². The van der Waals surface area contributed by atoms with Gasteiger partial charge in [0.25, 0.3) is 0 Å². The molecule has 0 amide bonds. The zero-order valence-electron chi connectivity index (χ0n) is 28.8. The summed E-state index contributed by atoms with van der Waals surface area (Å²) in [5.41, 5.74) is 0. The van der Waals surface area contributed by atoms with Crippen LogP contribution in [0.1, 0.15) is 104 Å². The summed E-state index contributed by atoms with van der Waals surface area (Å²) in [5.74, 6) is -0.428. The minimum atomic E-state index is -5.05. The second kappa shape index (κ2) is 27.8. The molecule has 278 valence electrons. The van der Waals surface area contributed by atoms with Gasteiger partial charge in [-0.25, -0.2) is 4.18 Å². The molecule has 4 N–H and O–H groups in total. The maximum absolute atomic E-state index is 12.5. The fraction of sp³-hybridized carbons (Fsp3) is 0.743. The van der Waals surface area contributed by atoms with Gasteiger partial charge in [-0.15, -0.1) is 0 Å². The Morgan fingerprint density at radius 3 is 2.06 bits per heavy atom. The molecule has 0 spiro atoms. The molecule has 6 atom stereocenters. The van der Waals surface area contributed by atoms with Gasteiger partial charge in [0.05, 0.1) is 19.8 Å². The molecule has 1 rings (SSSR count). The van der Waals surface area contributed by atoms with Crippen LogP contribution in [0.3, 0.4) is 0 Å². The third-order valence-electron chi connectivity index (χ3n) is 7.47. The van der Waals surface area contributed by atoms with Gasteiger partial charge in [0.15, 0.2) is 6.29 Å². The third-order valence-corrected chi connectivity index (χ3v) is 7.93. The Balaban J connectivity index is 2.50. The molecular weight excluding hydrogens is 644 g/mol. The van der Waals surface area contributed by atoms with E-state index in [0.717, 1.165) is 77.0 Å². The maximum Gasteiger partial charge on any atom is 0.397 e. The Bertz CT molecular complexity index is 1040. The van der Waals surface area contributed by atoms with Crippen molar-refractivity contribution in [3.8, 4) is 0 Å².